The van der Waals surface area contributed by atoms with Crippen molar-refractivity contribution >= 4 is 27.5 Å². The van der Waals surface area contributed by atoms with Gasteiger partial charge in [-0.2, -0.15) is 0 Å². The number of amides is 1. The van der Waals surface area contributed by atoms with Gasteiger partial charge >= 0.3 is 0 Å². The zero-order valence-electron chi connectivity index (χ0n) is 16.5. The van der Waals surface area contributed by atoms with Gasteiger partial charge in [0.15, 0.2) is 6.61 Å². The molecule has 0 spiro atoms. The van der Waals surface area contributed by atoms with Crippen LogP contribution in [0.1, 0.15) is 13.8 Å². The van der Waals surface area contributed by atoms with Gasteiger partial charge in [-0.25, -0.2) is 0 Å². The maximum atomic E-state index is 12.2. The minimum absolute atomic E-state index is 0.0745. The van der Waals surface area contributed by atoms with Crippen molar-refractivity contribution in [1.82, 2.24) is 0 Å². The van der Waals surface area contributed by atoms with Crippen LogP contribution in [0.25, 0.3) is 11.1 Å². The summed E-state index contributed by atoms with van der Waals surface area (Å²) >= 11 is 3.52. The number of carbonyl (C=O) groups is 1. The van der Waals surface area contributed by atoms with Gasteiger partial charge in [0.1, 0.15) is 11.5 Å². The van der Waals surface area contributed by atoms with Gasteiger partial charge in [-0.05, 0) is 69.4 Å². The number of hydrogen-bond acceptors (Lipinski definition) is 3. The summed E-state index contributed by atoms with van der Waals surface area (Å²) in [7, 11) is 0. The summed E-state index contributed by atoms with van der Waals surface area (Å²) in [6.07, 6.45) is 0. The molecule has 3 rings (SSSR count). The first kappa shape index (κ1) is 20.9. The van der Waals surface area contributed by atoms with Crippen LogP contribution < -0.4 is 14.8 Å². The average molecular weight is 454 g/mol. The van der Waals surface area contributed by atoms with Gasteiger partial charge in [0.2, 0.25) is 0 Å². The van der Waals surface area contributed by atoms with E-state index in [0.29, 0.717) is 24.0 Å². The summed E-state index contributed by atoms with van der Waals surface area (Å²) in [5, 5.41) is 2.83. The maximum absolute atomic E-state index is 12.2. The third-order valence-corrected chi connectivity index (χ3v) is 4.74. The molecular weight excluding hydrogens is 430 g/mol. The van der Waals surface area contributed by atoms with Crippen molar-refractivity contribution in [2.75, 3.05) is 18.5 Å². The second-order valence-corrected chi connectivity index (χ2v) is 7.93. The zero-order valence-corrected chi connectivity index (χ0v) is 18.1. The maximum Gasteiger partial charge on any atom is 0.262 e. The molecule has 4 nitrogen and oxygen atoms in total. The number of rotatable bonds is 8. The van der Waals surface area contributed by atoms with E-state index in [9.17, 15) is 4.79 Å². The molecule has 0 unspecified atom stereocenters. The topological polar surface area (TPSA) is 47.6 Å². The van der Waals surface area contributed by atoms with Crippen molar-refractivity contribution in [3.63, 3.8) is 0 Å². The highest BCUT2D eigenvalue weighted by Gasteiger charge is 2.08. The van der Waals surface area contributed by atoms with Gasteiger partial charge in [0, 0.05) is 5.69 Å². The van der Waals surface area contributed by atoms with E-state index in [1.54, 1.807) is 0 Å². The third-order valence-electron chi connectivity index (χ3n) is 4.12. The Hall–Kier alpha value is -2.79. The van der Waals surface area contributed by atoms with Crippen LogP contribution in [-0.4, -0.2) is 19.1 Å². The fourth-order valence-electron chi connectivity index (χ4n) is 2.67. The van der Waals surface area contributed by atoms with E-state index >= 15 is 0 Å². The SMILES string of the molecule is CC(C)COc1ccc(NC(=O)COc2ccc(-c3ccccc3)cc2Br)cc1. The molecule has 0 atom stereocenters. The van der Waals surface area contributed by atoms with Crippen molar-refractivity contribution in [3.05, 3.63) is 77.3 Å². The molecule has 150 valence electrons. The standard InChI is InChI=1S/C24H24BrNO3/c1-17(2)15-28-21-11-9-20(10-12-21)26-24(27)16-29-23-13-8-19(14-22(23)25)18-6-4-3-5-7-18/h3-14,17H,15-16H2,1-2H3,(H,26,27). The van der Waals surface area contributed by atoms with Crippen LogP contribution >= 0.6 is 15.9 Å². The van der Waals surface area contributed by atoms with E-state index in [4.69, 9.17) is 9.47 Å². The van der Waals surface area contributed by atoms with Gasteiger partial charge in [-0.15, -0.1) is 0 Å². The summed E-state index contributed by atoms with van der Waals surface area (Å²) in [5.74, 6) is 1.65. The summed E-state index contributed by atoms with van der Waals surface area (Å²) in [5.41, 5.74) is 2.90. The van der Waals surface area contributed by atoms with Crippen molar-refractivity contribution in [1.29, 1.82) is 0 Å². The Bertz CT molecular complexity index is 940. The largest absolute Gasteiger partial charge is 0.493 e. The molecule has 1 amide bonds. The highest BCUT2D eigenvalue weighted by molar-refractivity contribution is 9.10. The lowest BCUT2D eigenvalue weighted by molar-refractivity contribution is -0.118. The molecule has 0 saturated heterocycles. The van der Waals surface area contributed by atoms with Crippen molar-refractivity contribution in [2.45, 2.75) is 13.8 Å². The molecule has 0 bridgehead atoms. The number of halogens is 1. The van der Waals surface area contributed by atoms with E-state index in [1.165, 1.54) is 0 Å². The van der Waals surface area contributed by atoms with Crippen LogP contribution in [0.3, 0.4) is 0 Å². The Morgan fingerprint density at radius 3 is 2.31 bits per heavy atom. The molecule has 0 saturated carbocycles. The third kappa shape index (κ3) is 6.36. The Morgan fingerprint density at radius 2 is 1.66 bits per heavy atom. The number of carbonyl (C=O) groups excluding carboxylic acids is 1. The molecule has 0 aliphatic heterocycles. The number of nitrogens with one attached hydrogen (secondary N) is 1. The number of anilines is 1. The minimum Gasteiger partial charge on any atom is -0.493 e. The fourth-order valence-corrected chi connectivity index (χ4v) is 3.16. The van der Waals surface area contributed by atoms with Crippen LogP contribution in [0, 0.1) is 5.92 Å². The number of hydrogen-bond donors (Lipinski definition) is 1. The molecule has 3 aromatic carbocycles. The Labute approximate surface area is 180 Å². The molecular formula is C24H24BrNO3. The summed E-state index contributed by atoms with van der Waals surface area (Å²) in [6.45, 7) is 4.79. The van der Waals surface area contributed by atoms with E-state index in [1.807, 2.05) is 60.7 Å². The normalized spacial score (nSPS) is 10.6. The highest BCUT2D eigenvalue weighted by atomic mass is 79.9. The molecule has 0 aliphatic carbocycles. The molecule has 3 aromatic rings. The first-order valence-electron chi connectivity index (χ1n) is 9.52. The van der Waals surface area contributed by atoms with Crippen LogP contribution in [0.5, 0.6) is 11.5 Å². The predicted octanol–water partition coefficient (Wildman–Crippen LogP) is 6.17. The van der Waals surface area contributed by atoms with Gasteiger partial charge < -0.3 is 14.8 Å². The van der Waals surface area contributed by atoms with Crippen molar-refractivity contribution < 1.29 is 14.3 Å². The Kier molecular flexibility index (Phi) is 7.30. The van der Waals surface area contributed by atoms with Gasteiger partial charge in [0.25, 0.3) is 5.91 Å². The first-order valence-corrected chi connectivity index (χ1v) is 10.3. The molecule has 1 N–H and O–H groups in total. The molecule has 0 aromatic heterocycles. The highest BCUT2D eigenvalue weighted by Crippen LogP contribution is 2.30. The lowest BCUT2D eigenvalue weighted by Crippen LogP contribution is -2.20. The van der Waals surface area contributed by atoms with Gasteiger partial charge in [-0.1, -0.05) is 50.2 Å². The molecule has 0 heterocycles. The van der Waals surface area contributed by atoms with E-state index in [2.05, 4.69) is 47.2 Å². The molecule has 29 heavy (non-hydrogen) atoms. The molecule has 0 radical (unpaired) electrons. The Morgan fingerprint density at radius 1 is 0.931 bits per heavy atom. The predicted molar refractivity (Wildman–Crippen MR) is 120 cm³/mol. The monoisotopic (exact) mass is 453 g/mol. The molecule has 0 fully saturated rings. The van der Waals surface area contributed by atoms with E-state index in [0.717, 1.165) is 21.3 Å². The van der Waals surface area contributed by atoms with E-state index in [-0.39, 0.29) is 12.5 Å². The molecule has 0 aliphatic rings. The smallest absolute Gasteiger partial charge is 0.262 e. The quantitative estimate of drug-likeness (QED) is 0.443. The molecule has 5 heteroatoms. The van der Waals surface area contributed by atoms with Gasteiger partial charge in [-0.3, -0.25) is 4.79 Å². The van der Waals surface area contributed by atoms with Crippen LogP contribution in [-0.2, 0) is 4.79 Å². The van der Waals surface area contributed by atoms with Crippen LogP contribution in [0.4, 0.5) is 5.69 Å². The lowest BCUT2D eigenvalue weighted by Gasteiger charge is -2.11. The second-order valence-electron chi connectivity index (χ2n) is 7.08. The summed E-state index contributed by atoms with van der Waals surface area (Å²) < 4.78 is 12.1. The van der Waals surface area contributed by atoms with Crippen molar-refractivity contribution in [3.8, 4) is 22.6 Å². The zero-order chi connectivity index (χ0) is 20.6. The van der Waals surface area contributed by atoms with Gasteiger partial charge in [0.05, 0.1) is 11.1 Å². The van der Waals surface area contributed by atoms with Crippen LogP contribution in [0.2, 0.25) is 0 Å². The fraction of sp³-hybridized carbons (Fsp3) is 0.208. The average Bonchev–Trinajstić information content (AvgIpc) is 2.73. The van der Waals surface area contributed by atoms with E-state index < -0.39 is 0 Å². The number of benzene rings is 3. The first-order chi connectivity index (χ1) is 14.0. The number of ether oxygens (including phenoxy) is 2. The Balaban J connectivity index is 1.53. The van der Waals surface area contributed by atoms with Crippen molar-refractivity contribution in [2.24, 2.45) is 5.92 Å². The van der Waals surface area contributed by atoms with Crippen LogP contribution in [0.15, 0.2) is 77.3 Å². The second kappa shape index (κ2) is 10.1. The lowest BCUT2D eigenvalue weighted by atomic mass is 10.1. The minimum atomic E-state index is -0.222. The summed E-state index contributed by atoms with van der Waals surface area (Å²) in [6, 6.07) is 23.2. The summed E-state index contributed by atoms with van der Waals surface area (Å²) in [4.78, 5) is 12.2.